The highest BCUT2D eigenvalue weighted by atomic mass is 16.5. The molecule has 0 saturated carbocycles. The summed E-state index contributed by atoms with van der Waals surface area (Å²) in [5.74, 6) is 1.67. The molecule has 3 rings (SSSR count). The standard InChI is InChI=1S/C25H35NO3/c1-19-6-9-21(10-7-19)25(13-15-29-24(2,3)18-25)12-14-26-17-20-8-11-22(27-4)16-23(20)28-5/h6-11,16,26H,12-15,17-18H2,1-5H3. The number of hydrogen-bond donors (Lipinski definition) is 1. The van der Waals surface area contributed by atoms with Crippen molar-refractivity contribution in [2.24, 2.45) is 0 Å². The predicted octanol–water partition coefficient (Wildman–Crippen LogP) is 5.02. The number of methoxy groups -OCH3 is 2. The van der Waals surface area contributed by atoms with Crippen LogP contribution in [0.5, 0.6) is 11.5 Å². The van der Waals surface area contributed by atoms with Crippen LogP contribution in [0.4, 0.5) is 0 Å². The van der Waals surface area contributed by atoms with E-state index in [9.17, 15) is 0 Å². The van der Waals surface area contributed by atoms with Gasteiger partial charge in [-0.1, -0.05) is 35.9 Å². The lowest BCUT2D eigenvalue weighted by molar-refractivity contribution is -0.0840. The molecule has 1 saturated heterocycles. The lowest BCUT2D eigenvalue weighted by Crippen LogP contribution is -2.45. The van der Waals surface area contributed by atoms with Crippen molar-refractivity contribution in [3.05, 3.63) is 59.2 Å². The van der Waals surface area contributed by atoms with Crippen LogP contribution in [0.15, 0.2) is 42.5 Å². The molecular weight excluding hydrogens is 362 g/mol. The van der Waals surface area contributed by atoms with Crippen LogP contribution in [-0.4, -0.2) is 33.0 Å². The molecule has 0 radical (unpaired) electrons. The van der Waals surface area contributed by atoms with Crippen molar-refractivity contribution in [2.75, 3.05) is 27.4 Å². The lowest BCUT2D eigenvalue weighted by atomic mass is 9.67. The van der Waals surface area contributed by atoms with Gasteiger partial charge in [0.05, 0.1) is 19.8 Å². The SMILES string of the molecule is COc1ccc(CNCCC2(c3ccc(C)cc3)CCOC(C)(C)C2)c(OC)c1. The van der Waals surface area contributed by atoms with E-state index in [1.54, 1.807) is 14.2 Å². The molecule has 4 nitrogen and oxygen atoms in total. The summed E-state index contributed by atoms with van der Waals surface area (Å²) >= 11 is 0. The van der Waals surface area contributed by atoms with E-state index < -0.39 is 0 Å². The van der Waals surface area contributed by atoms with E-state index in [0.29, 0.717) is 0 Å². The van der Waals surface area contributed by atoms with Crippen LogP contribution >= 0.6 is 0 Å². The summed E-state index contributed by atoms with van der Waals surface area (Å²) in [4.78, 5) is 0. The van der Waals surface area contributed by atoms with E-state index in [2.05, 4.69) is 56.4 Å². The third-order valence-corrected chi connectivity index (χ3v) is 6.09. The predicted molar refractivity (Wildman–Crippen MR) is 118 cm³/mol. The molecule has 2 aromatic carbocycles. The average Bonchev–Trinajstić information content (AvgIpc) is 2.71. The second-order valence-corrected chi connectivity index (χ2v) is 8.79. The number of hydrogen-bond acceptors (Lipinski definition) is 4. The quantitative estimate of drug-likeness (QED) is 0.635. The summed E-state index contributed by atoms with van der Waals surface area (Å²) in [6.45, 7) is 9.10. The van der Waals surface area contributed by atoms with Gasteiger partial charge in [0.25, 0.3) is 0 Å². The Bertz CT molecular complexity index is 800. The van der Waals surface area contributed by atoms with Gasteiger partial charge in [0.2, 0.25) is 0 Å². The Morgan fingerprint density at radius 1 is 1.03 bits per heavy atom. The fourth-order valence-corrected chi connectivity index (χ4v) is 4.54. The molecule has 1 fully saturated rings. The molecule has 2 aromatic rings. The van der Waals surface area contributed by atoms with Crippen LogP contribution in [0.2, 0.25) is 0 Å². The smallest absolute Gasteiger partial charge is 0.127 e. The molecule has 1 unspecified atom stereocenters. The van der Waals surface area contributed by atoms with Gasteiger partial charge in [-0.15, -0.1) is 0 Å². The van der Waals surface area contributed by atoms with E-state index in [4.69, 9.17) is 14.2 Å². The van der Waals surface area contributed by atoms with Crippen molar-refractivity contribution in [3.63, 3.8) is 0 Å². The molecule has 0 amide bonds. The van der Waals surface area contributed by atoms with Gasteiger partial charge in [0, 0.05) is 30.2 Å². The van der Waals surface area contributed by atoms with Crippen molar-refractivity contribution >= 4 is 0 Å². The fourth-order valence-electron chi connectivity index (χ4n) is 4.54. The molecule has 158 valence electrons. The highest BCUT2D eigenvalue weighted by Crippen LogP contribution is 2.44. The van der Waals surface area contributed by atoms with E-state index >= 15 is 0 Å². The molecule has 1 N–H and O–H groups in total. The molecule has 0 bridgehead atoms. The molecule has 1 aliphatic rings. The topological polar surface area (TPSA) is 39.7 Å². The van der Waals surface area contributed by atoms with Gasteiger partial charge in [-0.05, 0) is 58.2 Å². The minimum Gasteiger partial charge on any atom is -0.497 e. The molecule has 0 aromatic heterocycles. The highest BCUT2D eigenvalue weighted by Gasteiger charge is 2.41. The molecule has 0 aliphatic carbocycles. The van der Waals surface area contributed by atoms with E-state index in [1.807, 2.05) is 12.1 Å². The average molecular weight is 398 g/mol. The highest BCUT2D eigenvalue weighted by molar-refractivity contribution is 5.40. The maximum Gasteiger partial charge on any atom is 0.127 e. The zero-order valence-electron chi connectivity index (χ0n) is 18.5. The number of rotatable bonds is 8. The number of nitrogens with one attached hydrogen (secondary N) is 1. The monoisotopic (exact) mass is 397 g/mol. The van der Waals surface area contributed by atoms with Gasteiger partial charge in [0.15, 0.2) is 0 Å². The molecule has 4 heteroatoms. The van der Waals surface area contributed by atoms with Crippen LogP contribution in [0.1, 0.15) is 49.8 Å². The normalized spacial score (nSPS) is 21.0. The first kappa shape index (κ1) is 21.7. The number of aryl methyl sites for hydroxylation is 1. The Balaban J connectivity index is 1.69. The minimum atomic E-state index is -0.0949. The summed E-state index contributed by atoms with van der Waals surface area (Å²) in [5, 5.41) is 3.63. The van der Waals surface area contributed by atoms with Crippen LogP contribution in [0.3, 0.4) is 0 Å². The van der Waals surface area contributed by atoms with E-state index in [-0.39, 0.29) is 11.0 Å². The Kier molecular flexibility index (Phi) is 6.86. The van der Waals surface area contributed by atoms with Gasteiger partial charge in [0.1, 0.15) is 11.5 Å². The Morgan fingerprint density at radius 3 is 2.45 bits per heavy atom. The van der Waals surface area contributed by atoms with E-state index in [0.717, 1.165) is 56.0 Å². The third kappa shape index (κ3) is 5.31. The van der Waals surface area contributed by atoms with Crippen LogP contribution in [0, 0.1) is 6.92 Å². The van der Waals surface area contributed by atoms with Crippen molar-refractivity contribution in [1.82, 2.24) is 5.32 Å². The Morgan fingerprint density at radius 2 is 1.79 bits per heavy atom. The summed E-state index contributed by atoms with van der Waals surface area (Å²) in [6, 6.07) is 15.1. The van der Waals surface area contributed by atoms with Crippen molar-refractivity contribution in [1.29, 1.82) is 0 Å². The first-order chi connectivity index (χ1) is 13.9. The second kappa shape index (κ2) is 9.19. The zero-order chi connectivity index (χ0) is 20.9. The van der Waals surface area contributed by atoms with Crippen LogP contribution in [-0.2, 0) is 16.7 Å². The maximum atomic E-state index is 6.04. The molecule has 1 aliphatic heterocycles. The molecule has 0 spiro atoms. The summed E-state index contributed by atoms with van der Waals surface area (Å²) in [5.41, 5.74) is 3.93. The molecule has 1 heterocycles. The van der Waals surface area contributed by atoms with E-state index in [1.165, 1.54) is 11.1 Å². The number of benzene rings is 2. The van der Waals surface area contributed by atoms with Gasteiger partial charge in [-0.2, -0.15) is 0 Å². The first-order valence-corrected chi connectivity index (χ1v) is 10.5. The van der Waals surface area contributed by atoms with Gasteiger partial charge in [-0.25, -0.2) is 0 Å². The van der Waals surface area contributed by atoms with Crippen LogP contribution in [0.25, 0.3) is 0 Å². The van der Waals surface area contributed by atoms with Crippen molar-refractivity contribution in [3.8, 4) is 11.5 Å². The largest absolute Gasteiger partial charge is 0.497 e. The molecule has 1 atom stereocenters. The summed E-state index contributed by atoms with van der Waals surface area (Å²) in [7, 11) is 3.38. The van der Waals surface area contributed by atoms with Gasteiger partial charge in [-0.3, -0.25) is 0 Å². The minimum absolute atomic E-state index is 0.0949. The summed E-state index contributed by atoms with van der Waals surface area (Å²) < 4.78 is 16.9. The summed E-state index contributed by atoms with van der Waals surface area (Å²) in [6.07, 6.45) is 3.19. The molecular formula is C25H35NO3. The lowest BCUT2D eigenvalue weighted by Gasteiger charge is -2.45. The zero-order valence-corrected chi connectivity index (χ0v) is 18.5. The fraction of sp³-hybridized carbons (Fsp3) is 0.520. The van der Waals surface area contributed by atoms with Gasteiger partial charge < -0.3 is 19.5 Å². The van der Waals surface area contributed by atoms with Crippen LogP contribution < -0.4 is 14.8 Å². The number of ether oxygens (including phenoxy) is 3. The first-order valence-electron chi connectivity index (χ1n) is 10.5. The Labute approximate surface area is 175 Å². The van der Waals surface area contributed by atoms with Crippen molar-refractivity contribution in [2.45, 2.75) is 57.6 Å². The van der Waals surface area contributed by atoms with Crippen molar-refractivity contribution < 1.29 is 14.2 Å². The molecule has 29 heavy (non-hydrogen) atoms. The maximum absolute atomic E-state index is 6.04. The van der Waals surface area contributed by atoms with Gasteiger partial charge >= 0.3 is 0 Å². The third-order valence-electron chi connectivity index (χ3n) is 6.09. The Hall–Kier alpha value is -2.04. The second-order valence-electron chi connectivity index (χ2n) is 8.79.